The van der Waals surface area contributed by atoms with Crippen molar-refractivity contribution in [1.82, 2.24) is 5.32 Å². The van der Waals surface area contributed by atoms with Crippen molar-refractivity contribution in [2.45, 2.75) is 59.7 Å². The van der Waals surface area contributed by atoms with Crippen LogP contribution < -0.4 is 10.1 Å². The summed E-state index contributed by atoms with van der Waals surface area (Å²) in [5.41, 5.74) is 2.17. The lowest BCUT2D eigenvalue weighted by Crippen LogP contribution is -2.38. The first kappa shape index (κ1) is 18.5. The lowest BCUT2D eigenvalue weighted by Gasteiger charge is -2.19. The summed E-state index contributed by atoms with van der Waals surface area (Å²) in [6, 6.07) is 6.03. The number of hydrogen-bond donors (Lipinski definition) is 1. The summed E-state index contributed by atoms with van der Waals surface area (Å²) in [4.78, 5) is 12.2. The summed E-state index contributed by atoms with van der Waals surface area (Å²) in [5, 5.41) is 2.92. The molecule has 0 saturated carbocycles. The first-order chi connectivity index (χ1) is 10.4. The van der Waals surface area contributed by atoms with E-state index in [-0.39, 0.29) is 12.0 Å². The van der Waals surface area contributed by atoms with Crippen LogP contribution in [0.5, 0.6) is 5.75 Å². The zero-order valence-corrected chi connectivity index (χ0v) is 14.4. The van der Waals surface area contributed by atoms with Crippen LogP contribution in [0.4, 0.5) is 0 Å². The van der Waals surface area contributed by atoms with Crippen molar-refractivity contribution in [3.05, 3.63) is 29.3 Å². The van der Waals surface area contributed by atoms with E-state index in [2.05, 4.69) is 5.32 Å². The van der Waals surface area contributed by atoms with E-state index in [1.54, 1.807) is 0 Å². The number of ether oxygens (including phenoxy) is 2. The molecule has 1 aromatic rings. The van der Waals surface area contributed by atoms with Crippen LogP contribution in [0.25, 0.3) is 0 Å². The quantitative estimate of drug-likeness (QED) is 0.711. The normalized spacial score (nSPS) is 12.3. The molecule has 0 aliphatic heterocycles. The van der Waals surface area contributed by atoms with Crippen LogP contribution in [0.2, 0.25) is 0 Å². The van der Waals surface area contributed by atoms with Crippen molar-refractivity contribution < 1.29 is 14.3 Å². The van der Waals surface area contributed by atoms with Gasteiger partial charge in [0.05, 0.1) is 6.10 Å². The average Bonchev–Trinajstić information content (AvgIpc) is 2.47. The minimum atomic E-state index is -0.452. The molecule has 124 valence electrons. The highest BCUT2D eigenvalue weighted by Crippen LogP contribution is 2.21. The Labute approximate surface area is 134 Å². The molecule has 0 fully saturated rings. The second-order valence-corrected chi connectivity index (χ2v) is 5.85. The Hall–Kier alpha value is -1.55. The largest absolute Gasteiger partial charge is 0.480 e. The van der Waals surface area contributed by atoms with Crippen molar-refractivity contribution in [3.8, 4) is 5.75 Å². The highest BCUT2D eigenvalue weighted by molar-refractivity contribution is 5.81. The maximum atomic E-state index is 12.2. The number of rotatable bonds is 9. The predicted molar refractivity (Wildman–Crippen MR) is 89.3 cm³/mol. The van der Waals surface area contributed by atoms with Gasteiger partial charge >= 0.3 is 0 Å². The molecule has 0 aliphatic carbocycles. The highest BCUT2D eigenvalue weighted by atomic mass is 16.5. The number of carbonyl (C=O) groups excluding carboxylic acids is 1. The van der Waals surface area contributed by atoms with Gasteiger partial charge in [0.2, 0.25) is 0 Å². The van der Waals surface area contributed by atoms with E-state index in [0.717, 1.165) is 23.3 Å². The fourth-order valence-electron chi connectivity index (χ4n) is 2.03. The Kier molecular flexibility index (Phi) is 7.96. The van der Waals surface area contributed by atoms with Gasteiger partial charge in [-0.3, -0.25) is 4.79 Å². The van der Waals surface area contributed by atoms with E-state index < -0.39 is 6.10 Å². The SMILES string of the molecule is CC[C@H](Oc1cc(C)ccc1C)C(=O)NCCCOC(C)C. The lowest BCUT2D eigenvalue weighted by atomic mass is 10.1. The molecule has 0 unspecified atom stereocenters. The molecule has 1 N–H and O–H groups in total. The third-order valence-corrected chi connectivity index (χ3v) is 3.35. The van der Waals surface area contributed by atoms with Crippen LogP contribution in [0.1, 0.15) is 44.7 Å². The Morgan fingerprint density at radius 3 is 2.64 bits per heavy atom. The maximum absolute atomic E-state index is 12.2. The van der Waals surface area contributed by atoms with Gasteiger partial charge in [-0.1, -0.05) is 19.1 Å². The summed E-state index contributed by atoms with van der Waals surface area (Å²) >= 11 is 0. The van der Waals surface area contributed by atoms with Gasteiger partial charge in [-0.25, -0.2) is 0 Å². The molecule has 0 saturated heterocycles. The number of nitrogens with one attached hydrogen (secondary N) is 1. The third kappa shape index (κ3) is 6.48. The third-order valence-electron chi connectivity index (χ3n) is 3.35. The first-order valence-corrected chi connectivity index (χ1v) is 8.07. The van der Waals surface area contributed by atoms with Crippen LogP contribution in [-0.4, -0.2) is 31.3 Å². The van der Waals surface area contributed by atoms with E-state index in [4.69, 9.17) is 9.47 Å². The van der Waals surface area contributed by atoms with Crippen LogP contribution in [0.15, 0.2) is 18.2 Å². The second kappa shape index (κ2) is 9.46. The van der Waals surface area contributed by atoms with Crippen molar-refractivity contribution >= 4 is 5.91 Å². The van der Waals surface area contributed by atoms with E-state index in [1.807, 2.05) is 52.8 Å². The monoisotopic (exact) mass is 307 g/mol. The predicted octanol–water partition coefficient (Wildman–Crippen LogP) is 3.39. The molecule has 4 nitrogen and oxygen atoms in total. The second-order valence-electron chi connectivity index (χ2n) is 5.85. The van der Waals surface area contributed by atoms with E-state index in [0.29, 0.717) is 19.6 Å². The molecule has 22 heavy (non-hydrogen) atoms. The zero-order chi connectivity index (χ0) is 16.5. The summed E-state index contributed by atoms with van der Waals surface area (Å²) in [6.45, 7) is 11.2. The molecule has 0 spiro atoms. The molecule has 0 aromatic heterocycles. The summed E-state index contributed by atoms with van der Waals surface area (Å²) in [5.74, 6) is 0.720. The number of amides is 1. The molecule has 0 aliphatic rings. The molecule has 1 aromatic carbocycles. The van der Waals surface area contributed by atoms with Crippen molar-refractivity contribution in [2.24, 2.45) is 0 Å². The maximum Gasteiger partial charge on any atom is 0.261 e. The number of aryl methyl sites for hydroxylation is 2. The van der Waals surface area contributed by atoms with Crippen molar-refractivity contribution in [1.29, 1.82) is 0 Å². The Bertz CT molecular complexity index is 471. The summed E-state index contributed by atoms with van der Waals surface area (Å²) in [6.07, 6.45) is 1.23. The van der Waals surface area contributed by atoms with Gasteiger partial charge in [-0.15, -0.1) is 0 Å². The lowest BCUT2D eigenvalue weighted by molar-refractivity contribution is -0.128. The van der Waals surface area contributed by atoms with E-state index in [1.165, 1.54) is 0 Å². The van der Waals surface area contributed by atoms with Crippen LogP contribution in [0.3, 0.4) is 0 Å². The van der Waals surface area contributed by atoms with Crippen LogP contribution >= 0.6 is 0 Å². The van der Waals surface area contributed by atoms with Gasteiger partial charge in [-0.05, 0) is 57.7 Å². The number of hydrogen-bond acceptors (Lipinski definition) is 3. The Balaban J connectivity index is 2.46. The van der Waals surface area contributed by atoms with Crippen LogP contribution in [-0.2, 0) is 9.53 Å². The zero-order valence-electron chi connectivity index (χ0n) is 14.4. The summed E-state index contributed by atoms with van der Waals surface area (Å²) < 4.78 is 11.3. The number of carbonyl (C=O) groups is 1. The fourth-order valence-corrected chi connectivity index (χ4v) is 2.03. The molecule has 0 heterocycles. The Morgan fingerprint density at radius 1 is 1.27 bits per heavy atom. The minimum Gasteiger partial charge on any atom is -0.480 e. The van der Waals surface area contributed by atoms with E-state index in [9.17, 15) is 4.79 Å². The summed E-state index contributed by atoms with van der Waals surface area (Å²) in [7, 11) is 0. The van der Waals surface area contributed by atoms with Gasteiger partial charge in [0.1, 0.15) is 5.75 Å². The fraction of sp³-hybridized carbons (Fsp3) is 0.611. The number of benzene rings is 1. The van der Waals surface area contributed by atoms with Gasteiger partial charge < -0.3 is 14.8 Å². The molecule has 0 bridgehead atoms. The van der Waals surface area contributed by atoms with Crippen LogP contribution in [0, 0.1) is 13.8 Å². The molecule has 4 heteroatoms. The topological polar surface area (TPSA) is 47.6 Å². The standard InChI is InChI=1S/C18H29NO3/c1-6-16(18(20)19-10-7-11-21-13(2)3)22-17-12-14(4)8-9-15(17)5/h8-9,12-13,16H,6-7,10-11H2,1-5H3,(H,19,20)/t16-/m0/s1. The smallest absolute Gasteiger partial charge is 0.261 e. The molecular formula is C18H29NO3. The van der Waals surface area contributed by atoms with E-state index >= 15 is 0 Å². The highest BCUT2D eigenvalue weighted by Gasteiger charge is 2.18. The molecule has 1 rings (SSSR count). The molecule has 0 radical (unpaired) electrons. The molecular weight excluding hydrogens is 278 g/mol. The van der Waals surface area contributed by atoms with Gasteiger partial charge in [0, 0.05) is 13.2 Å². The van der Waals surface area contributed by atoms with Gasteiger partial charge in [0.15, 0.2) is 6.10 Å². The van der Waals surface area contributed by atoms with Gasteiger partial charge in [-0.2, -0.15) is 0 Å². The van der Waals surface area contributed by atoms with Gasteiger partial charge in [0.25, 0.3) is 5.91 Å². The minimum absolute atomic E-state index is 0.0621. The first-order valence-electron chi connectivity index (χ1n) is 8.07. The average molecular weight is 307 g/mol. The van der Waals surface area contributed by atoms with Crippen molar-refractivity contribution in [3.63, 3.8) is 0 Å². The van der Waals surface area contributed by atoms with Crippen molar-refractivity contribution in [2.75, 3.05) is 13.2 Å². The molecule has 1 atom stereocenters. The molecule has 1 amide bonds. The Morgan fingerprint density at radius 2 is 2.00 bits per heavy atom.